The standard InChI is InChI=1S/C44H34N6S2/c1-29-39(43(51)49(47-29)35-23-11-5-12-24-35)41(31-17-7-3-8-18-31)45-37-27-33-21-15-16-22-34(33)28-38(37)46-42(32-19-9-4-10-20-32)40-30(2)48-50(44(40)52)36-25-13-6-14-26-36/h3-28,45-46H,1-2H3. The second-order valence-electron chi connectivity index (χ2n) is 12.5. The summed E-state index contributed by atoms with van der Waals surface area (Å²) in [5.41, 5.74) is 10.6. The van der Waals surface area contributed by atoms with E-state index in [2.05, 4.69) is 71.3 Å². The number of para-hydroxylation sites is 2. The lowest BCUT2D eigenvalue weighted by molar-refractivity contribution is 1.17. The van der Waals surface area contributed by atoms with Crippen LogP contribution in [0.4, 0.5) is 22.7 Å². The molecule has 52 heavy (non-hydrogen) atoms. The van der Waals surface area contributed by atoms with Crippen LogP contribution in [0.3, 0.4) is 0 Å². The third-order valence-electron chi connectivity index (χ3n) is 9.07. The van der Waals surface area contributed by atoms with Crippen LogP contribution in [0.25, 0.3) is 22.2 Å². The fraction of sp³-hybridized carbons (Fsp3) is 0.0455. The highest BCUT2D eigenvalue weighted by Crippen LogP contribution is 2.38. The fourth-order valence-electron chi connectivity index (χ4n) is 6.56. The highest BCUT2D eigenvalue weighted by atomic mass is 32.1. The minimum atomic E-state index is 0.626. The molecule has 0 spiro atoms. The predicted molar refractivity (Wildman–Crippen MR) is 227 cm³/mol. The molecule has 0 unspecified atom stereocenters. The molecule has 0 bridgehead atoms. The lowest BCUT2D eigenvalue weighted by atomic mass is 10.0. The summed E-state index contributed by atoms with van der Waals surface area (Å²) in [6.07, 6.45) is 0. The van der Waals surface area contributed by atoms with Gasteiger partial charge in [0.1, 0.15) is 9.98 Å². The Morgan fingerprint density at radius 2 is 0.788 bits per heavy atom. The first-order valence-corrected chi connectivity index (χ1v) is 17.8. The molecule has 0 fully saturated rings. The maximum Gasteiger partial charge on any atom is 0.139 e. The highest BCUT2D eigenvalue weighted by Gasteiger charge is 2.31. The van der Waals surface area contributed by atoms with E-state index >= 15 is 0 Å². The molecule has 8 rings (SSSR count). The largest absolute Gasteiger partial charge is 0.353 e. The van der Waals surface area contributed by atoms with Gasteiger partial charge in [-0.05, 0) is 72.1 Å². The van der Waals surface area contributed by atoms with E-state index in [0.717, 1.165) is 78.6 Å². The zero-order valence-electron chi connectivity index (χ0n) is 28.6. The number of hydrazone groups is 2. The van der Waals surface area contributed by atoms with Gasteiger partial charge in [-0.2, -0.15) is 10.2 Å². The summed E-state index contributed by atoms with van der Waals surface area (Å²) < 4.78 is 0. The van der Waals surface area contributed by atoms with Crippen molar-refractivity contribution in [1.82, 2.24) is 0 Å². The zero-order chi connectivity index (χ0) is 35.6. The monoisotopic (exact) mass is 710 g/mol. The topological polar surface area (TPSA) is 55.3 Å². The number of anilines is 4. The predicted octanol–water partition coefficient (Wildman–Crippen LogP) is 10.9. The Morgan fingerprint density at radius 1 is 0.462 bits per heavy atom. The number of hydrogen-bond donors (Lipinski definition) is 2. The molecule has 6 aromatic rings. The van der Waals surface area contributed by atoms with E-state index in [1.54, 1.807) is 0 Å². The zero-order valence-corrected chi connectivity index (χ0v) is 30.2. The van der Waals surface area contributed by atoms with E-state index in [4.69, 9.17) is 34.6 Å². The number of nitrogens with zero attached hydrogens (tertiary/aromatic N) is 4. The van der Waals surface area contributed by atoms with Gasteiger partial charge in [0.25, 0.3) is 0 Å². The summed E-state index contributed by atoms with van der Waals surface area (Å²) in [5, 5.41) is 23.4. The molecular weight excluding hydrogens is 677 g/mol. The maximum absolute atomic E-state index is 6.17. The van der Waals surface area contributed by atoms with Crippen LogP contribution in [-0.4, -0.2) is 21.4 Å². The van der Waals surface area contributed by atoms with E-state index in [1.165, 1.54) is 0 Å². The van der Waals surface area contributed by atoms with E-state index in [-0.39, 0.29) is 0 Å². The summed E-state index contributed by atoms with van der Waals surface area (Å²) in [5.74, 6) is 0. The Labute approximate surface area is 314 Å². The molecule has 252 valence electrons. The van der Waals surface area contributed by atoms with Gasteiger partial charge in [-0.1, -0.05) is 146 Å². The van der Waals surface area contributed by atoms with Gasteiger partial charge in [-0.15, -0.1) is 0 Å². The molecule has 6 nitrogen and oxygen atoms in total. The molecule has 2 heterocycles. The summed E-state index contributed by atoms with van der Waals surface area (Å²) >= 11 is 12.3. The van der Waals surface area contributed by atoms with Crippen molar-refractivity contribution in [1.29, 1.82) is 0 Å². The van der Waals surface area contributed by atoms with Gasteiger partial charge >= 0.3 is 0 Å². The number of thiocarbonyl (C=S) groups is 2. The van der Waals surface area contributed by atoms with E-state index in [0.29, 0.717) is 9.98 Å². The molecule has 2 aliphatic rings. The van der Waals surface area contributed by atoms with Crippen LogP contribution >= 0.6 is 24.4 Å². The van der Waals surface area contributed by atoms with Gasteiger partial charge < -0.3 is 10.6 Å². The summed E-state index contributed by atoms with van der Waals surface area (Å²) in [6, 6.07) is 53.3. The molecule has 0 amide bonds. The quantitative estimate of drug-likeness (QED) is 0.121. The molecule has 0 saturated heterocycles. The molecule has 0 atom stereocenters. The van der Waals surface area contributed by atoms with Crippen molar-refractivity contribution in [2.75, 3.05) is 20.7 Å². The number of hydrogen-bond acceptors (Lipinski definition) is 6. The molecule has 2 N–H and O–H groups in total. The summed E-state index contributed by atoms with van der Waals surface area (Å²) in [4.78, 5) is 1.25. The lowest BCUT2D eigenvalue weighted by Crippen LogP contribution is -2.22. The second-order valence-corrected chi connectivity index (χ2v) is 13.3. The van der Waals surface area contributed by atoms with Crippen LogP contribution in [0.5, 0.6) is 0 Å². The summed E-state index contributed by atoms with van der Waals surface area (Å²) in [6.45, 7) is 4.02. The summed E-state index contributed by atoms with van der Waals surface area (Å²) in [7, 11) is 0. The third kappa shape index (κ3) is 6.30. The number of nitrogens with one attached hydrogen (secondary N) is 2. The Balaban J connectivity index is 1.29. The van der Waals surface area contributed by atoms with Crippen LogP contribution in [-0.2, 0) is 0 Å². The van der Waals surface area contributed by atoms with Crippen LogP contribution in [0.2, 0.25) is 0 Å². The van der Waals surface area contributed by atoms with Crippen molar-refractivity contribution in [2.24, 2.45) is 10.2 Å². The number of rotatable bonds is 8. The average Bonchev–Trinajstić information content (AvgIpc) is 3.66. The van der Waals surface area contributed by atoms with Gasteiger partial charge in [-0.3, -0.25) is 0 Å². The first-order valence-electron chi connectivity index (χ1n) is 17.0. The molecule has 0 radical (unpaired) electrons. The van der Waals surface area contributed by atoms with E-state index in [9.17, 15) is 0 Å². The first-order chi connectivity index (χ1) is 25.5. The van der Waals surface area contributed by atoms with Crippen molar-refractivity contribution in [3.63, 3.8) is 0 Å². The minimum Gasteiger partial charge on any atom is -0.353 e. The molecule has 2 aliphatic heterocycles. The molecular formula is C44H34N6S2. The van der Waals surface area contributed by atoms with Crippen LogP contribution in [0, 0.1) is 0 Å². The van der Waals surface area contributed by atoms with Gasteiger partial charge in [0.2, 0.25) is 0 Å². The van der Waals surface area contributed by atoms with Gasteiger partial charge in [-0.25, -0.2) is 10.0 Å². The molecule has 0 aliphatic carbocycles. The SMILES string of the molecule is CC1=NN(c2ccccc2)C(=S)C1=C(Nc1cc2ccccc2cc1NC(=C1C(=S)N(c2ccccc2)N=C1C)c1ccccc1)c1ccccc1. The van der Waals surface area contributed by atoms with E-state index in [1.807, 2.05) is 121 Å². The maximum atomic E-state index is 6.17. The Hall–Kier alpha value is -6.22. The minimum absolute atomic E-state index is 0.626. The van der Waals surface area contributed by atoms with Crippen molar-refractivity contribution in [3.8, 4) is 0 Å². The van der Waals surface area contributed by atoms with Crippen molar-refractivity contribution in [3.05, 3.63) is 180 Å². The Bertz CT molecular complexity index is 2280. The van der Waals surface area contributed by atoms with Crippen LogP contribution in [0.15, 0.2) is 179 Å². The number of fused-ring (bicyclic) bond motifs is 1. The third-order valence-corrected chi connectivity index (χ3v) is 9.82. The van der Waals surface area contributed by atoms with Gasteiger partial charge in [0.15, 0.2) is 0 Å². The highest BCUT2D eigenvalue weighted by molar-refractivity contribution is 7.81. The molecule has 0 aromatic heterocycles. The Morgan fingerprint density at radius 3 is 1.15 bits per heavy atom. The average molecular weight is 711 g/mol. The Kier molecular flexibility index (Phi) is 8.99. The van der Waals surface area contributed by atoms with Crippen LogP contribution in [0.1, 0.15) is 25.0 Å². The van der Waals surface area contributed by atoms with Gasteiger partial charge in [0, 0.05) is 0 Å². The molecule has 6 aromatic carbocycles. The van der Waals surface area contributed by atoms with Crippen molar-refractivity contribution >= 4 is 90.8 Å². The van der Waals surface area contributed by atoms with Crippen molar-refractivity contribution < 1.29 is 0 Å². The molecule has 0 saturated carbocycles. The van der Waals surface area contributed by atoms with Gasteiger partial charge in [0.05, 0.1) is 56.7 Å². The second kappa shape index (κ2) is 14.2. The van der Waals surface area contributed by atoms with E-state index < -0.39 is 0 Å². The normalized spacial score (nSPS) is 16.2. The first kappa shape index (κ1) is 33.0. The van der Waals surface area contributed by atoms with Crippen LogP contribution < -0.4 is 20.7 Å². The lowest BCUT2D eigenvalue weighted by Gasteiger charge is -2.23. The smallest absolute Gasteiger partial charge is 0.139 e. The fourth-order valence-corrected chi connectivity index (χ4v) is 7.35. The molecule has 8 heteroatoms. The van der Waals surface area contributed by atoms with Crippen molar-refractivity contribution in [2.45, 2.75) is 13.8 Å². The number of benzene rings is 6.